The maximum Gasteiger partial charge on any atom is 0.307 e. The fraction of sp³-hybridized carbons (Fsp3) is 0.902. The first kappa shape index (κ1) is 38.7. The smallest absolute Gasteiger partial charge is 0.307 e. The molecule has 51 heavy (non-hydrogen) atoms. The van der Waals surface area contributed by atoms with Gasteiger partial charge >= 0.3 is 5.97 Å². The number of hydrogen-bond acceptors (Lipinski definition) is 8. The van der Waals surface area contributed by atoms with E-state index in [4.69, 9.17) is 15.2 Å². The van der Waals surface area contributed by atoms with Crippen molar-refractivity contribution in [1.29, 1.82) is 0 Å². The summed E-state index contributed by atoms with van der Waals surface area (Å²) in [6.07, 6.45) is 10.3. The highest BCUT2D eigenvalue weighted by molar-refractivity contribution is 5.73. The normalized spacial score (nSPS) is 42.4. The molecule has 2 heterocycles. The maximum absolute atomic E-state index is 13.5. The number of carbonyl (C=O) groups is 1. The average molecular weight is 711 g/mol. The van der Waals surface area contributed by atoms with Crippen molar-refractivity contribution >= 4 is 11.9 Å². The molecule has 0 unspecified atom stereocenters. The Morgan fingerprint density at radius 3 is 2.47 bits per heavy atom. The van der Waals surface area contributed by atoms with E-state index in [-0.39, 0.29) is 56.6 Å². The summed E-state index contributed by atoms with van der Waals surface area (Å²) in [5.74, 6) is 0.895. The lowest BCUT2D eigenvalue weighted by molar-refractivity contribution is -0.254. The van der Waals surface area contributed by atoms with E-state index in [9.17, 15) is 9.90 Å². The Kier molecular flexibility index (Phi) is 10.1. The number of aromatic nitrogens is 4. The number of allylic oxidation sites excluding steroid dienone is 1. The van der Waals surface area contributed by atoms with Gasteiger partial charge in [-0.2, -0.15) is 4.80 Å². The molecule has 3 saturated carbocycles. The molecule has 4 fully saturated rings. The van der Waals surface area contributed by atoms with Gasteiger partial charge in [0.1, 0.15) is 6.04 Å². The minimum Gasteiger partial charge on any atom is -0.481 e. The van der Waals surface area contributed by atoms with Crippen LogP contribution < -0.4 is 11.1 Å². The van der Waals surface area contributed by atoms with Gasteiger partial charge in [-0.1, -0.05) is 92.4 Å². The van der Waals surface area contributed by atoms with E-state index in [1.54, 1.807) is 4.80 Å². The van der Waals surface area contributed by atoms with Crippen molar-refractivity contribution in [1.82, 2.24) is 25.5 Å². The second-order valence-electron chi connectivity index (χ2n) is 19.7. The lowest BCUT2D eigenvalue weighted by atomic mass is 9.34. The number of nitrogens with two attached hydrogens (primary N) is 1. The minimum atomic E-state index is -0.624. The largest absolute Gasteiger partial charge is 0.481 e. The van der Waals surface area contributed by atoms with Crippen molar-refractivity contribution < 1.29 is 19.4 Å². The molecule has 1 aromatic heterocycles. The second kappa shape index (κ2) is 13.4. The fourth-order valence-electron chi connectivity index (χ4n) is 12.7. The summed E-state index contributed by atoms with van der Waals surface area (Å²) in [6, 6.07) is -0.166. The van der Waals surface area contributed by atoms with Gasteiger partial charge < -0.3 is 25.6 Å². The Morgan fingerprint density at radius 2 is 1.86 bits per heavy atom. The van der Waals surface area contributed by atoms with Crippen LogP contribution in [0.25, 0.3) is 0 Å². The van der Waals surface area contributed by atoms with Crippen molar-refractivity contribution in [2.75, 3.05) is 32.1 Å². The summed E-state index contributed by atoms with van der Waals surface area (Å²) >= 11 is 0. The van der Waals surface area contributed by atoms with E-state index in [1.165, 1.54) is 5.57 Å². The molecule has 1 saturated heterocycles. The molecule has 288 valence electrons. The van der Waals surface area contributed by atoms with Crippen molar-refractivity contribution in [2.45, 2.75) is 145 Å². The zero-order valence-electron chi connectivity index (χ0n) is 33.7. The summed E-state index contributed by atoms with van der Waals surface area (Å²) in [4.78, 5) is 15.2. The Balaban J connectivity index is 1.41. The number of hydrogen-bond donors (Lipinski definition) is 3. The van der Waals surface area contributed by atoms with E-state index in [0.29, 0.717) is 43.5 Å². The van der Waals surface area contributed by atoms with Gasteiger partial charge in [-0.05, 0) is 109 Å². The van der Waals surface area contributed by atoms with E-state index < -0.39 is 11.9 Å². The first-order chi connectivity index (χ1) is 23.8. The van der Waals surface area contributed by atoms with Gasteiger partial charge in [0.15, 0.2) is 0 Å². The highest BCUT2D eigenvalue weighted by atomic mass is 16.5. The van der Waals surface area contributed by atoms with Gasteiger partial charge in [0.25, 0.3) is 5.95 Å². The molecule has 6 rings (SSSR count). The molecule has 10 nitrogen and oxygen atoms in total. The summed E-state index contributed by atoms with van der Waals surface area (Å²) < 4.78 is 14.0. The Hall–Kier alpha value is -2.04. The lowest BCUT2D eigenvalue weighted by Crippen LogP contribution is -2.69. The van der Waals surface area contributed by atoms with Gasteiger partial charge in [0, 0.05) is 16.4 Å². The van der Waals surface area contributed by atoms with Gasteiger partial charge in [0.05, 0.1) is 31.8 Å². The van der Waals surface area contributed by atoms with E-state index in [2.05, 4.69) is 103 Å². The topological polar surface area (TPSA) is 137 Å². The molecule has 12 atom stereocenters. The quantitative estimate of drug-likeness (QED) is 0.148. The molecule has 4 N–H and O–H groups in total. The molecule has 5 aliphatic rings. The van der Waals surface area contributed by atoms with Crippen molar-refractivity contribution in [3.63, 3.8) is 0 Å². The molecular formula is C41H70N6O4. The third-order valence-corrected chi connectivity index (χ3v) is 16.7. The molecule has 10 heteroatoms. The number of fused-ring (bicyclic) bond motifs is 3. The number of nitrogens with zero attached hydrogens (tertiary/aromatic N) is 4. The number of ether oxygens (including phenoxy) is 2. The van der Waals surface area contributed by atoms with Crippen LogP contribution in [0.4, 0.5) is 5.95 Å². The number of carboxylic acids is 1. The predicted octanol–water partition coefficient (Wildman–Crippen LogP) is 7.57. The van der Waals surface area contributed by atoms with Crippen LogP contribution >= 0.6 is 0 Å². The van der Waals surface area contributed by atoms with Crippen LogP contribution in [0.1, 0.15) is 134 Å². The minimum absolute atomic E-state index is 0.147. The van der Waals surface area contributed by atoms with Crippen LogP contribution in [-0.4, -0.2) is 69.3 Å². The molecule has 1 aromatic rings. The SMILES string of the molecule is CCCCN[C@@](C)(CO[C@H]1[C@H](n2nnc(N)n2)C[C@@]23COC[C@@]1(C)[C@@H]2CC[C@H]1C3=CC[C@@]2(C)[C@H](C(=O)O)[C@@](C)([C@H](C)C(C)C)CC[C@]12C)C(C)C. The van der Waals surface area contributed by atoms with Crippen LogP contribution in [-0.2, 0) is 14.3 Å². The molecular weight excluding hydrogens is 640 g/mol. The van der Waals surface area contributed by atoms with Gasteiger partial charge in [-0.25, -0.2) is 0 Å². The highest BCUT2D eigenvalue weighted by Crippen LogP contribution is 2.75. The van der Waals surface area contributed by atoms with E-state index in [1.807, 2.05) is 0 Å². The van der Waals surface area contributed by atoms with Crippen molar-refractivity contribution in [3.8, 4) is 0 Å². The Morgan fingerprint density at radius 1 is 1.14 bits per heavy atom. The van der Waals surface area contributed by atoms with Crippen LogP contribution in [0.2, 0.25) is 0 Å². The second-order valence-corrected chi connectivity index (χ2v) is 19.7. The van der Waals surface area contributed by atoms with Crippen LogP contribution in [0.3, 0.4) is 0 Å². The molecule has 2 bridgehead atoms. The Labute approximate surface area is 307 Å². The standard InChI is InChI=1S/C41H70N6O4/c1-12-13-20-43-40(11,26(4)5)23-51-33-30(47-45-35(42)44-46-47)21-41-24-50-22-37(33,8)31(41)15-14-28-29(41)16-17-39(10)32(34(48)49)36(7,27(6)25(2)3)18-19-38(28,39)9/h16,25-28,30-33,43H,12-15,17-24H2,1-11H3,(H2,42,45)(H,48,49)/t27-,28+,30-,31+,32-,33+,36-,37+,38-,39+,40+,41+/m1/s1. The van der Waals surface area contributed by atoms with Crippen LogP contribution in [0.15, 0.2) is 11.6 Å². The van der Waals surface area contributed by atoms with Crippen molar-refractivity contribution in [3.05, 3.63) is 11.6 Å². The first-order valence-electron chi connectivity index (χ1n) is 20.3. The summed E-state index contributed by atoms with van der Waals surface area (Å²) in [5, 5.41) is 28.2. The molecule has 0 radical (unpaired) electrons. The van der Waals surface area contributed by atoms with Crippen LogP contribution in [0.5, 0.6) is 0 Å². The summed E-state index contributed by atoms with van der Waals surface area (Å²) in [6.45, 7) is 28.1. The predicted molar refractivity (Wildman–Crippen MR) is 201 cm³/mol. The van der Waals surface area contributed by atoms with Crippen molar-refractivity contribution in [2.24, 2.45) is 62.6 Å². The zero-order chi connectivity index (χ0) is 37.4. The number of nitrogen functional groups attached to an aromatic ring is 1. The average Bonchev–Trinajstić information content (AvgIpc) is 3.49. The summed E-state index contributed by atoms with van der Waals surface area (Å²) in [7, 11) is 0. The summed E-state index contributed by atoms with van der Waals surface area (Å²) in [5.41, 5.74) is 6.14. The number of rotatable bonds is 12. The number of nitrogens with one attached hydrogen (secondary N) is 1. The van der Waals surface area contributed by atoms with E-state index in [0.717, 1.165) is 57.9 Å². The highest BCUT2D eigenvalue weighted by Gasteiger charge is 2.72. The van der Waals surface area contributed by atoms with Gasteiger partial charge in [-0.15, -0.1) is 5.10 Å². The fourth-order valence-corrected chi connectivity index (χ4v) is 12.7. The third kappa shape index (κ3) is 5.73. The molecule has 0 aromatic carbocycles. The number of tetrazole rings is 1. The third-order valence-electron chi connectivity index (χ3n) is 16.7. The lowest BCUT2D eigenvalue weighted by Gasteiger charge is -2.71. The number of anilines is 1. The monoisotopic (exact) mass is 711 g/mol. The first-order valence-corrected chi connectivity index (χ1v) is 20.3. The van der Waals surface area contributed by atoms with Gasteiger partial charge in [-0.3, -0.25) is 4.79 Å². The zero-order valence-corrected chi connectivity index (χ0v) is 33.7. The van der Waals surface area contributed by atoms with E-state index >= 15 is 0 Å². The number of aliphatic carboxylic acids is 1. The van der Waals surface area contributed by atoms with Gasteiger partial charge in [0.2, 0.25) is 0 Å². The van der Waals surface area contributed by atoms with Crippen LogP contribution in [0, 0.1) is 62.6 Å². The molecule has 1 aliphatic heterocycles. The molecule has 0 amide bonds. The molecule has 4 aliphatic carbocycles. The Bertz CT molecular complexity index is 1480. The maximum atomic E-state index is 13.5. The number of unbranched alkanes of at least 4 members (excludes halogenated alkanes) is 1. The molecule has 0 spiro atoms. The number of carboxylic acid groups (broad SMARTS) is 1.